The second-order valence-electron chi connectivity index (χ2n) is 3.00. The van der Waals surface area contributed by atoms with E-state index in [0.717, 1.165) is 11.3 Å². The summed E-state index contributed by atoms with van der Waals surface area (Å²) < 4.78 is 1.63. The fraction of sp³-hybridized carbons (Fsp3) is 0.222. The molecule has 0 aliphatic carbocycles. The standard InChI is InChI=1S/C9H11N5/c1-7-2-3-14(13-7)9-11-5-8(4-10)6-12-9/h2-3,5-6H,4,10H2,1H3. The molecule has 5 heteroatoms. The zero-order chi connectivity index (χ0) is 9.97. The summed E-state index contributed by atoms with van der Waals surface area (Å²) in [7, 11) is 0. The highest BCUT2D eigenvalue weighted by Crippen LogP contribution is 2.01. The van der Waals surface area contributed by atoms with Crippen molar-refractivity contribution in [3.63, 3.8) is 0 Å². The molecule has 0 fully saturated rings. The van der Waals surface area contributed by atoms with Gasteiger partial charge in [0.2, 0.25) is 5.95 Å². The first kappa shape index (κ1) is 8.83. The summed E-state index contributed by atoms with van der Waals surface area (Å²) >= 11 is 0. The van der Waals surface area contributed by atoms with E-state index in [4.69, 9.17) is 5.73 Å². The molecule has 0 unspecified atom stereocenters. The number of nitrogens with two attached hydrogens (primary N) is 1. The minimum absolute atomic E-state index is 0.457. The van der Waals surface area contributed by atoms with Gasteiger partial charge in [0.1, 0.15) is 0 Å². The summed E-state index contributed by atoms with van der Waals surface area (Å²) in [6, 6.07) is 1.90. The van der Waals surface area contributed by atoms with Crippen molar-refractivity contribution in [2.24, 2.45) is 5.73 Å². The Hall–Kier alpha value is -1.75. The molecule has 0 radical (unpaired) electrons. The monoisotopic (exact) mass is 189 g/mol. The summed E-state index contributed by atoms with van der Waals surface area (Å²) in [5.41, 5.74) is 7.30. The Bertz CT molecular complexity index is 417. The molecule has 2 aromatic rings. The number of aromatic nitrogens is 4. The zero-order valence-electron chi connectivity index (χ0n) is 7.88. The summed E-state index contributed by atoms with van der Waals surface area (Å²) in [6.45, 7) is 2.38. The van der Waals surface area contributed by atoms with Crippen LogP contribution in [0.1, 0.15) is 11.3 Å². The van der Waals surface area contributed by atoms with Crippen LogP contribution in [0.25, 0.3) is 5.95 Å². The van der Waals surface area contributed by atoms with Gasteiger partial charge in [-0.1, -0.05) is 0 Å². The van der Waals surface area contributed by atoms with Crippen LogP contribution < -0.4 is 5.73 Å². The molecule has 0 saturated heterocycles. The average Bonchev–Trinajstić information content (AvgIpc) is 2.65. The Morgan fingerprint density at radius 2 is 2.07 bits per heavy atom. The highest BCUT2D eigenvalue weighted by atomic mass is 15.3. The molecular formula is C9H11N5. The fourth-order valence-electron chi connectivity index (χ4n) is 1.10. The molecule has 5 nitrogen and oxygen atoms in total. The molecule has 0 atom stereocenters. The minimum Gasteiger partial charge on any atom is -0.326 e. The first-order valence-electron chi connectivity index (χ1n) is 4.33. The second-order valence-corrected chi connectivity index (χ2v) is 3.00. The zero-order valence-corrected chi connectivity index (χ0v) is 7.88. The number of nitrogens with zero attached hydrogens (tertiary/aromatic N) is 4. The maximum Gasteiger partial charge on any atom is 0.250 e. The minimum atomic E-state index is 0.457. The molecule has 14 heavy (non-hydrogen) atoms. The van der Waals surface area contributed by atoms with E-state index in [9.17, 15) is 0 Å². The van der Waals surface area contributed by atoms with Crippen molar-refractivity contribution in [2.45, 2.75) is 13.5 Å². The van der Waals surface area contributed by atoms with Gasteiger partial charge in [-0.3, -0.25) is 0 Å². The normalized spacial score (nSPS) is 10.4. The van der Waals surface area contributed by atoms with Gasteiger partial charge in [-0.2, -0.15) is 5.10 Å². The van der Waals surface area contributed by atoms with E-state index in [1.165, 1.54) is 0 Å². The van der Waals surface area contributed by atoms with Gasteiger partial charge < -0.3 is 5.73 Å². The third-order valence-corrected chi connectivity index (χ3v) is 1.85. The van der Waals surface area contributed by atoms with E-state index in [2.05, 4.69) is 15.1 Å². The number of aryl methyl sites for hydroxylation is 1. The van der Waals surface area contributed by atoms with E-state index in [1.54, 1.807) is 17.1 Å². The molecule has 2 aromatic heterocycles. The Morgan fingerprint density at radius 3 is 2.57 bits per heavy atom. The van der Waals surface area contributed by atoms with Crippen LogP contribution in [-0.4, -0.2) is 19.7 Å². The van der Waals surface area contributed by atoms with Crippen LogP contribution in [0, 0.1) is 6.92 Å². The summed E-state index contributed by atoms with van der Waals surface area (Å²) in [5.74, 6) is 0.565. The average molecular weight is 189 g/mol. The lowest BCUT2D eigenvalue weighted by Crippen LogP contribution is -2.04. The van der Waals surface area contributed by atoms with Crippen LogP contribution >= 0.6 is 0 Å². The molecule has 72 valence electrons. The Balaban J connectivity index is 2.33. The van der Waals surface area contributed by atoms with Gasteiger partial charge in [0.25, 0.3) is 0 Å². The lowest BCUT2D eigenvalue weighted by molar-refractivity contribution is 0.790. The van der Waals surface area contributed by atoms with Crippen molar-refractivity contribution in [3.8, 4) is 5.95 Å². The largest absolute Gasteiger partial charge is 0.326 e. The molecule has 0 aliphatic heterocycles. The highest BCUT2D eigenvalue weighted by Gasteiger charge is 2.00. The van der Waals surface area contributed by atoms with Crippen LogP contribution in [0.3, 0.4) is 0 Å². The van der Waals surface area contributed by atoms with E-state index >= 15 is 0 Å². The maximum absolute atomic E-state index is 5.44. The summed E-state index contributed by atoms with van der Waals surface area (Å²) in [4.78, 5) is 8.28. The smallest absolute Gasteiger partial charge is 0.250 e. The van der Waals surface area contributed by atoms with Gasteiger partial charge in [0.05, 0.1) is 5.69 Å². The van der Waals surface area contributed by atoms with Crippen LogP contribution in [0.4, 0.5) is 0 Å². The van der Waals surface area contributed by atoms with Crippen molar-refractivity contribution in [1.82, 2.24) is 19.7 Å². The van der Waals surface area contributed by atoms with E-state index < -0.39 is 0 Å². The molecule has 2 heterocycles. The summed E-state index contributed by atoms with van der Waals surface area (Å²) in [5, 5.41) is 4.20. The molecule has 0 bridgehead atoms. The van der Waals surface area contributed by atoms with Crippen LogP contribution in [-0.2, 0) is 6.54 Å². The number of hydrogen-bond donors (Lipinski definition) is 1. The molecule has 0 aromatic carbocycles. The van der Waals surface area contributed by atoms with E-state index in [1.807, 2.05) is 19.2 Å². The Kier molecular flexibility index (Phi) is 2.24. The molecule has 0 aliphatic rings. The van der Waals surface area contributed by atoms with E-state index in [0.29, 0.717) is 12.5 Å². The molecule has 0 saturated carbocycles. The van der Waals surface area contributed by atoms with Crippen molar-refractivity contribution in [3.05, 3.63) is 35.9 Å². The number of rotatable bonds is 2. The molecule has 0 amide bonds. The van der Waals surface area contributed by atoms with Crippen LogP contribution in [0.5, 0.6) is 0 Å². The fourth-order valence-corrected chi connectivity index (χ4v) is 1.10. The van der Waals surface area contributed by atoms with Crippen molar-refractivity contribution < 1.29 is 0 Å². The topological polar surface area (TPSA) is 69.6 Å². The predicted molar refractivity (Wildman–Crippen MR) is 51.8 cm³/mol. The van der Waals surface area contributed by atoms with Gasteiger partial charge in [-0.05, 0) is 13.0 Å². The summed E-state index contributed by atoms with van der Waals surface area (Å²) in [6.07, 6.45) is 5.24. The maximum atomic E-state index is 5.44. The van der Waals surface area contributed by atoms with Crippen molar-refractivity contribution in [1.29, 1.82) is 0 Å². The Labute approximate surface area is 81.6 Å². The van der Waals surface area contributed by atoms with Crippen molar-refractivity contribution >= 4 is 0 Å². The number of hydrogen-bond acceptors (Lipinski definition) is 4. The third kappa shape index (κ3) is 1.62. The molecule has 0 spiro atoms. The van der Waals surface area contributed by atoms with Crippen LogP contribution in [0.15, 0.2) is 24.7 Å². The van der Waals surface area contributed by atoms with Gasteiger partial charge in [-0.15, -0.1) is 0 Å². The van der Waals surface area contributed by atoms with Gasteiger partial charge in [-0.25, -0.2) is 14.6 Å². The predicted octanol–water partition coefficient (Wildman–Crippen LogP) is 0.429. The first-order chi connectivity index (χ1) is 6.79. The quantitative estimate of drug-likeness (QED) is 0.743. The lowest BCUT2D eigenvalue weighted by Gasteiger charge is -1.99. The Morgan fingerprint density at radius 1 is 1.36 bits per heavy atom. The first-order valence-corrected chi connectivity index (χ1v) is 4.33. The molecular weight excluding hydrogens is 178 g/mol. The van der Waals surface area contributed by atoms with E-state index in [-0.39, 0.29) is 0 Å². The highest BCUT2D eigenvalue weighted by molar-refractivity contribution is 5.14. The van der Waals surface area contributed by atoms with Crippen LogP contribution in [0.2, 0.25) is 0 Å². The SMILES string of the molecule is Cc1ccn(-c2ncc(CN)cn2)n1. The second kappa shape index (κ2) is 3.55. The lowest BCUT2D eigenvalue weighted by atomic mass is 10.3. The molecule has 2 N–H and O–H groups in total. The third-order valence-electron chi connectivity index (χ3n) is 1.85. The van der Waals surface area contributed by atoms with Crippen molar-refractivity contribution in [2.75, 3.05) is 0 Å². The van der Waals surface area contributed by atoms with Gasteiger partial charge in [0, 0.05) is 30.7 Å². The molecule has 2 rings (SSSR count). The van der Waals surface area contributed by atoms with Gasteiger partial charge >= 0.3 is 0 Å². The van der Waals surface area contributed by atoms with Gasteiger partial charge in [0.15, 0.2) is 0 Å².